The number of carbonyl (C=O) groups is 1. The molecule has 0 aliphatic carbocycles. The largest absolute Gasteiger partial charge is 0.375 e. The third-order valence-electron chi connectivity index (χ3n) is 3.15. The number of nitrogens with two attached hydrogens (primary N) is 1. The Morgan fingerprint density at radius 2 is 2.16 bits per heavy atom. The van der Waals surface area contributed by atoms with E-state index in [-0.39, 0.29) is 11.8 Å². The number of nitrogens with one attached hydrogen (secondary N) is 1. The Balaban J connectivity index is 2.01. The molecule has 0 saturated carbocycles. The van der Waals surface area contributed by atoms with Crippen molar-refractivity contribution >= 4 is 40.0 Å². The van der Waals surface area contributed by atoms with Crippen LogP contribution in [0.5, 0.6) is 0 Å². The minimum Gasteiger partial charge on any atom is -0.375 e. The molecule has 2 heterocycles. The van der Waals surface area contributed by atoms with Gasteiger partial charge in [0.15, 0.2) is 5.13 Å². The molecule has 1 aliphatic heterocycles. The van der Waals surface area contributed by atoms with Gasteiger partial charge in [-0.3, -0.25) is 4.79 Å². The van der Waals surface area contributed by atoms with Crippen molar-refractivity contribution in [1.82, 2.24) is 4.98 Å². The standard InChI is InChI=1S/C13H13N3OS2/c1-18-8-4-2-7(3-5-8)9-6-10(17)15-12-11(9)19-13(14)16-12/h2-5,9H,6H2,1H3,(H2,14,16)(H,15,17)/t9-/m1/s1. The summed E-state index contributed by atoms with van der Waals surface area (Å²) in [6.45, 7) is 0. The highest BCUT2D eigenvalue weighted by Crippen LogP contribution is 2.41. The average Bonchev–Trinajstić information content (AvgIpc) is 2.78. The van der Waals surface area contributed by atoms with Crippen LogP contribution in [-0.2, 0) is 4.79 Å². The lowest BCUT2D eigenvalue weighted by molar-refractivity contribution is -0.116. The molecule has 1 aliphatic rings. The van der Waals surface area contributed by atoms with E-state index in [4.69, 9.17) is 5.73 Å². The first-order valence-electron chi connectivity index (χ1n) is 5.87. The lowest BCUT2D eigenvalue weighted by atomic mass is 9.92. The van der Waals surface area contributed by atoms with Gasteiger partial charge in [-0.25, -0.2) is 4.98 Å². The molecule has 98 valence electrons. The second-order valence-electron chi connectivity index (χ2n) is 4.34. The van der Waals surface area contributed by atoms with Crippen LogP contribution in [0.3, 0.4) is 0 Å². The summed E-state index contributed by atoms with van der Waals surface area (Å²) in [6.07, 6.45) is 2.50. The topological polar surface area (TPSA) is 68.0 Å². The van der Waals surface area contributed by atoms with E-state index in [1.54, 1.807) is 11.8 Å². The molecule has 4 nitrogen and oxygen atoms in total. The fourth-order valence-corrected chi connectivity index (χ4v) is 3.57. The second-order valence-corrected chi connectivity index (χ2v) is 6.28. The summed E-state index contributed by atoms with van der Waals surface area (Å²) in [6, 6.07) is 8.32. The van der Waals surface area contributed by atoms with Gasteiger partial charge in [0.1, 0.15) is 5.82 Å². The summed E-state index contributed by atoms with van der Waals surface area (Å²) in [7, 11) is 0. The molecule has 19 heavy (non-hydrogen) atoms. The first-order chi connectivity index (χ1) is 9.17. The molecule has 3 N–H and O–H groups in total. The van der Waals surface area contributed by atoms with Gasteiger partial charge in [-0.1, -0.05) is 23.5 Å². The predicted molar refractivity (Wildman–Crippen MR) is 79.8 cm³/mol. The molecular weight excluding hydrogens is 278 g/mol. The summed E-state index contributed by atoms with van der Waals surface area (Å²) < 4.78 is 0. The number of fused-ring (bicyclic) bond motifs is 1. The van der Waals surface area contributed by atoms with Crippen LogP contribution in [0, 0.1) is 0 Å². The van der Waals surface area contributed by atoms with Crippen molar-refractivity contribution in [3.8, 4) is 0 Å². The van der Waals surface area contributed by atoms with Crippen molar-refractivity contribution in [2.24, 2.45) is 0 Å². The number of thiazole rings is 1. The number of hydrogen-bond donors (Lipinski definition) is 2. The first kappa shape index (κ1) is 12.5. The second kappa shape index (κ2) is 4.86. The lowest BCUT2D eigenvalue weighted by Crippen LogP contribution is -2.22. The minimum atomic E-state index is -0.00302. The number of nitrogen functional groups attached to an aromatic ring is 1. The highest BCUT2D eigenvalue weighted by Gasteiger charge is 2.29. The molecule has 1 aromatic carbocycles. The van der Waals surface area contributed by atoms with Crippen molar-refractivity contribution in [3.63, 3.8) is 0 Å². The van der Waals surface area contributed by atoms with Crippen molar-refractivity contribution < 1.29 is 4.79 Å². The number of nitrogens with zero attached hydrogens (tertiary/aromatic N) is 1. The SMILES string of the molecule is CSc1ccc([C@H]2CC(=O)Nc3nc(N)sc32)cc1. The number of thioether (sulfide) groups is 1. The van der Waals surface area contributed by atoms with Crippen molar-refractivity contribution in [3.05, 3.63) is 34.7 Å². The summed E-state index contributed by atoms with van der Waals surface area (Å²) in [5.74, 6) is 0.684. The summed E-state index contributed by atoms with van der Waals surface area (Å²) in [5, 5.41) is 3.28. The highest BCUT2D eigenvalue weighted by atomic mass is 32.2. The lowest BCUT2D eigenvalue weighted by Gasteiger charge is -2.21. The van der Waals surface area contributed by atoms with E-state index >= 15 is 0 Å². The fraction of sp³-hybridized carbons (Fsp3) is 0.231. The minimum absolute atomic E-state index is 0.00302. The molecular formula is C13H13N3OS2. The molecule has 6 heteroatoms. The predicted octanol–water partition coefficient (Wildman–Crippen LogP) is 2.92. The van der Waals surface area contributed by atoms with E-state index in [0.29, 0.717) is 17.4 Å². The van der Waals surface area contributed by atoms with E-state index in [9.17, 15) is 4.79 Å². The molecule has 0 unspecified atom stereocenters. The molecule has 0 spiro atoms. The van der Waals surface area contributed by atoms with Gasteiger partial charge in [-0.05, 0) is 24.0 Å². The average molecular weight is 291 g/mol. The van der Waals surface area contributed by atoms with Gasteiger partial charge in [0.25, 0.3) is 0 Å². The van der Waals surface area contributed by atoms with Gasteiger partial charge in [-0.15, -0.1) is 11.8 Å². The van der Waals surface area contributed by atoms with Crippen LogP contribution in [0.1, 0.15) is 22.8 Å². The Hall–Kier alpha value is -1.53. The monoisotopic (exact) mass is 291 g/mol. The Kier molecular flexibility index (Phi) is 3.20. The fourth-order valence-electron chi connectivity index (χ4n) is 2.24. The maximum Gasteiger partial charge on any atom is 0.226 e. The molecule has 2 aromatic rings. The molecule has 1 amide bonds. The molecule has 0 radical (unpaired) electrons. The number of carbonyl (C=O) groups excluding carboxylic acids is 1. The van der Waals surface area contributed by atoms with Crippen LogP contribution < -0.4 is 11.1 Å². The Morgan fingerprint density at radius 3 is 2.84 bits per heavy atom. The summed E-state index contributed by atoms with van der Waals surface area (Å²) >= 11 is 3.16. The number of anilines is 2. The Morgan fingerprint density at radius 1 is 1.42 bits per heavy atom. The molecule has 1 atom stereocenters. The first-order valence-corrected chi connectivity index (χ1v) is 7.91. The smallest absolute Gasteiger partial charge is 0.226 e. The number of amides is 1. The van der Waals surface area contributed by atoms with Crippen LogP contribution >= 0.6 is 23.1 Å². The van der Waals surface area contributed by atoms with Crippen molar-refractivity contribution in [1.29, 1.82) is 0 Å². The van der Waals surface area contributed by atoms with Crippen LogP contribution in [0.2, 0.25) is 0 Å². The molecule has 0 bridgehead atoms. The van der Waals surface area contributed by atoms with Gasteiger partial charge < -0.3 is 11.1 Å². The van der Waals surface area contributed by atoms with Gasteiger partial charge in [0.05, 0.1) is 4.88 Å². The third kappa shape index (κ3) is 2.33. The van der Waals surface area contributed by atoms with Crippen molar-refractivity contribution in [2.75, 3.05) is 17.3 Å². The number of rotatable bonds is 2. The van der Waals surface area contributed by atoms with Gasteiger partial charge in [0, 0.05) is 17.2 Å². The number of hydrogen-bond acceptors (Lipinski definition) is 5. The highest BCUT2D eigenvalue weighted by molar-refractivity contribution is 7.98. The number of aromatic nitrogens is 1. The van der Waals surface area contributed by atoms with E-state index < -0.39 is 0 Å². The van der Waals surface area contributed by atoms with E-state index in [1.807, 2.05) is 6.26 Å². The van der Waals surface area contributed by atoms with Crippen LogP contribution in [0.25, 0.3) is 0 Å². The summed E-state index contributed by atoms with van der Waals surface area (Å²) in [4.78, 5) is 18.2. The molecule has 0 fully saturated rings. The quantitative estimate of drug-likeness (QED) is 0.835. The molecule has 0 saturated heterocycles. The van der Waals surface area contributed by atoms with E-state index in [0.717, 1.165) is 10.4 Å². The maximum atomic E-state index is 11.8. The normalized spacial score (nSPS) is 17.9. The number of benzene rings is 1. The third-order valence-corrected chi connectivity index (χ3v) is 4.89. The van der Waals surface area contributed by atoms with Gasteiger partial charge >= 0.3 is 0 Å². The zero-order valence-corrected chi connectivity index (χ0v) is 12.0. The summed E-state index contributed by atoms with van der Waals surface area (Å²) in [5.41, 5.74) is 6.88. The van der Waals surface area contributed by atoms with Crippen LogP contribution in [0.15, 0.2) is 29.2 Å². The Bertz CT molecular complexity index is 621. The Labute approximate surface area is 119 Å². The van der Waals surface area contributed by atoms with Gasteiger partial charge in [0.2, 0.25) is 5.91 Å². The zero-order valence-electron chi connectivity index (χ0n) is 10.3. The van der Waals surface area contributed by atoms with Gasteiger partial charge in [-0.2, -0.15) is 0 Å². The zero-order chi connectivity index (χ0) is 13.4. The van der Waals surface area contributed by atoms with Crippen LogP contribution in [0.4, 0.5) is 10.9 Å². The van der Waals surface area contributed by atoms with E-state index in [2.05, 4.69) is 34.6 Å². The maximum absolute atomic E-state index is 11.8. The van der Waals surface area contributed by atoms with Crippen LogP contribution in [-0.4, -0.2) is 17.1 Å². The van der Waals surface area contributed by atoms with E-state index in [1.165, 1.54) is 16.2 Å². The molecule has 3 rings (SSSR count). The molecule has 1 aromatic heterocycles. The van der Waals surface area contributed by atoms with Crippen molar-refractivity contribution in [2.45, 2.75) is 17.2 Å².